The predicted molar refractivity (Wildman–Crippen MR) is 87.9 cm³/mol. The number of carbonyl (C=O) groups excluding carboxylic acids is 2. The van der Waals surface area contributed by atoms with Crippen LogP contribution in [0.3, 0.4) is 0 Å². The van der Waals surface area contributed by atoms with E-state index < -0.39 is 23.8 Å². The van der Waals surface area contributed by atoms with Crippen LogP contribution in [0.25, 0.3) is 0 Å². The van der Waals surface area contributed by atoms with Gasteiger partial charge in [0.15, 0.2) is 5.41 Å². The van der Waals surface area contributed by atoms with Crippen molar-refractivity contribution in [1.29, 1.82) is 0 Å². The van der Waals surface area contributed by atoms with E-state index in [-0.39, 0.29) is 0 Å². The molecule has 1 aliphatic rings. The van der Waals surface area contributed by atoms with Gasteiger partial charge in [0.25, 0.3) is 0 Å². The van der Waals surface area contributed by atoms with Gasteiger partial charge in [-0.05, 0) is 53.9 Å². The van der Waals surface area contributed by atoms with Gasteiger partial charge in [0.05, 0.1) is 11.1 Å². The molecule has 0 bridgehead atoms. The average molecular weight is 386 g/mol. The van der Waals surface area contributed by atoms with Crippen LogP contribution in [0.15, 0.2) is 22.7 Å². The minimum absolute atomic E-state index is 0.350. The minimum atomic E-state index is -1.20. The third-order valence-corrected chi connectivity index (χ3v) is 4.55. The molecule has 1 heterocycles. The van der Waals surface area contributed by atoms with Gasteiger partial charge in [0.1, 0.15) is 5.75 Å². The fourth-order valence-corrected chi connectivity index (χ4v) is 2.91. The normalized spacial score (nSPS) is 17.4. The lowest BCUT2D eigenvalue weighted by molar-refractivity contribution is -0.219. The molecule has 0 aliphatic carbocycles. The van der Waals surface area contributed by atoms with Crippen molar-refractivity contribution >= 4 is 33.6 Å². The molecule has 126 valence electrons. The Labute approximate surface area is 143 Å². The second-order valence-electron chi connectivity index (χ2n) is 5.15. The third-order valence-electron chi connectivity index (χ3n) is 3.93. The molecule has 6 nitrogen and oxygen atoms in total. The molecular formula is C16H20BrNO5. The van der Waals surface area contributed by atoms with Gasteiger partial charge in [-0.2, -0.15) is 0 Å². The Balaban J connectivity index is 2.09. The van der Waals surface area contributed by atoms with Crippen molar-refractivity contribution in [3.05, 3.63) is 22.7 Å². The summed E-state index contributed by atoms with van der Waals surface area (Å²) in [5.41, 5.74) is -0.566. The van der Waals surface area contributed by atoms with Gasteiger partial charge in [-0.1, -0.05) is 13.8 Å². The molecule has 23 heavy (non-hydrogen) atoms. The van der Waals surface area contributed by atoms with Crippen molar-refractivity contribution in [2.45, 2.75) is 40.0 Å². The number of hydrogen-bond acceptors (Lipinski definition) is 6. The summed E-state index contributed by atoms with van der Waals surface area (Å²) in [5.74, 6) is -0.408. The van der Waals surface area contributed by atoms with Crippen LogP contribution in [0, 0.1) is 5.41 Å². The quantitative estimate of drug-likeness (QED) is 0.596. The summed E-state index contributed by atoms with van der Waals surface area (Å²) in [4.78, 5) is 24.4. The summed E-state index contributed by atoms with van der Waals surface area (Å²) >= 11 is 3.40. The predicted octanol–water partition coefficient (Wildman–Crippen LogP) is 3.45. The fraction of sp³-hybridized carbons (Fsp3) is 0.500. The zero-order chi connectivity index (χ0) is 17.0. The van der Waals surface area contributed by atoms with E-state index in [1.807, 2.05) is 6.92 Å². The van der Waals surface area contributed by atoms with Gasteiger partial charge in [0.2, 0.25) is 0 Å². The lowest BCUT2D eigenvalue weighted by Crippen LogP contribution is -2.51. The van der Waals surface area contributed by atoms with Crippen molar-refractivity contribution in [1.82, 2.24) is 0 Å². The van der Waals surface area contributed by atoms with Crippen molar-refractivity contribution in [3.63, 3.8) is 0 Å². The summed E-state index contributed by atoms with van der Waals surface area (Å²) < 4.78 is 16.6. The molecule has 1 aromatic carbocycles. The summed E-state index contributed by atoms with van der Waals surface area (Å²) in [6, 6.07) is 5.28. The molecule has 0 saturated carbocycles. The number of nitrogens with one attached hydrogen (secondary N) is 1. The number of cyclic esters (lactones) is 2. The van der Waals surface area contributed by atoms with Crippen molar-refractivity contribution in [2.24, 2.45) is 5.41 Å². The molecule has 1 fully saturated rings. The first-order valence-electron chi connectivity index (χ1n) is 7.57. The first kappa shape index (κ1) is 17.6. The van der Waals surface area contributed by atoms with Crippen LogP contribution in [0.4, 0.5) is 5.69 Å². The first-order chi connectivity index (χ1) is 11.0. The topological polar surface area (TPSA) is 73.9 Å². The number of anilines is 1. The van der Waals surface area contributed by atoms with Crippen molar-refractivity contribution < 1.29 is 23.8 Å². The molecule has 0 spiro atoms. The second-order valence-corrected chi connectivity index (χ2v) is 6.01. The van der Waals surface area contributed by atoms with Gasteiger partial charge in [-0.15, -0.1) is 0 Å². The van der Waals surface area contributed by atoms with Crippen LogP contribution in [0.1, 0.15) is 33.6 Å². The Morgan fingerprint density at radius 1 is 1.17 bits per heavy atom. The van der Waals surface area contributed by atoms with Crippen LogP contribution in [-0.2, 0) is 19.1 Å². The Morgan fingerprint density at radius 2 is 1.78 bits per heavy atom. The smallest absolute Gasteiger partial charge is 0.329 e. The molecule has 1 saturated heterocycles. The van der Waals surface area contributed by atoms with Gasteiger partial charge in [0, 0.05) is 5.69 Å². The lowest BCUT2D eigenvalue weighted by atomic mass is 9.82. The number of rotatable bonds is 6. The largest absolute Gasteiger partial charge is 0.493 e. The molecule has 1 aromatic rings. The zero-order valence-corrected chi connectivity index (χ0v) is 14.9. The zero-order valence-electron chi connectivity index (χ0n) is 13.3. The Morgan fingerprint density at radius 3 is 2.26 bits per heavy atom. The minimum Gasteiger partial charge on any atom is -0.493 e. The van der Waals surface area contributed by atoms with Crippen LogP contribution in [-0.4, -0.2) is 25.0 Å². The molecule has 0 unspecified atom stereocenters. The summed E-state index contributed by atoms with van der Waals surface area (Å²) in [6.45, 7) is 5.99. The highest BCUT2D eigenvalue weighted by Crippen LogP contribution is 2.35. The molecule has 0 aromatic heterocycles. The monoisotopic (exact) mass is 385 g/mol. The van der Waals surface area contributed by atoms with E-state index >= 15 is 0 Å². The summed E-state index contributed by atoms with van der Waals surface area (Å²) in [7, 11) is 0. The molecule has 7 heteroatoms. The maximum atomic E-state index is 12.2. The molecule has 2 rings (SSSR count). The number of benzene rings is 1. The van der Waals surface area contributed by atoms with Gasteiger partial charge in [-0.25, -0.2) is 0 Å². The number of esters is 2. The number of carbonyl (C=O) groups is 2. The van der Waals surface area contributed by atoms with Crippen molar-refractivity contribution in [2.75, 3.05) is 11.9 Å². The molecule has 0 amide bonds. The Kier molecular flexibility index (Phi) is 5.51. The highest BCUT2D eigenvalue weighted by atomic mass is 79.9. The van der Waals surface area contributed by atoms with Crippen molar-refractivity contribution in [3.8, 4) is 5.75 Å². The fourth-order valence-electron chi connectivity index (χ4n) is 2.41. The van der Waals surface area contributed by atoms with Gasteiger partial charge >= 0.3 is 18.4 Å². The molecule has 1 aliphatic heterocycles. The first-order valence-corrected chi connectivity index (χ1v) is 8.37. The van der Waals surface area contributed by atoms with Gasteiger partial charge in [-0.3, -0.25) is 9.59 Å². The second kappa shape index (κ2) is 7.21. The summed E-state index contributed by atoms with van der Waals surface area (Å²) in [5, 5.41) is 2.87. The number of ether oxygens (including phenoxy) is 3. The molecule has 0 atom stereocenters. The number of halogens is 1. The van der Waals surface area contributed by atoms with Crippen LogP contribution in [0.2, 0.25) is 0 Å². The Hall–Kier alpha value is -1.76. The van der Waals surface area contributed by atoms with E-state index in [1.165, 1.54) is 0 Å². The standard InChI is InChI=1S/C16H20BrNO5/c1-4-16(5-2)13(19)22-15(23-14(16)20)18-10-7-8-12(21-6-3)11(17)9-10/h7-9,15,18H,4-6H2,1-3H3. The van der Waals surface area contributed by atoms with E-state index in [4.69, 9.17) is 14.2 Å². The molecule has 1 N–H and O–H groups in total. The lowest BCUT2D eigenvalue weighted by Gasteiger charge is -2.35. The summed E-state index contributed by atoms with van der Waals surface area (Å²) in [6.07, 6.45) is -0.434. The SMILES string of the molecule is CCOc1ccc(NC2OC(=O)C(CC)(CC)C(=O)O2)cc1Br. The van der Waals surface area contributed by atoms with E-state index in [0.717, 1.165) is 4.47 Å². The average Bonchev–Trinajstić information content (AvgIpc) is 2.51. The highest BCUT2D eigenvalue weighted by molar-refractivity contribution is 9.10. The van der Waals surface area contributed by atoms with E-state index in [0.29, 0.717) is 30.9 Å². The highest BCUT2D eigenvalue weighted by Gasteiger charge is 2.51. The Bertz CT molecular complexity index is 580. The van der Waals surface area contributed by atoms with E-state index in [9.17, 15) is 9.59 Å². The van der Waals surface area contributed by atoms with E-state index in [2.05, 4.69) is 21.2 Å². The maximum absolute atomic E-state index is 12.2. The maximum Gasteiger partial charge on any atom is 0.329 e. The molecule has 0 radical (unpaired) electrons. The van der Waals surface area contributed by atoms with E-state index in [1.54, 1.807) is 32.0 Å². The van der Waals surface area contributed by atoms with Crippen LogP contribution < -0.4 is 10.1 Å². The number of hydrogen-bond donors (Lipinski definition) is 1. The van der Waals surface area contributed by atoms with Crippen LogP contribution >= 0.6 is 15.9 Å². The van der Waals surface area contributed by atoms with Crippen LogP contribution in [0.5, 0.6) is 5.75 Å². The van der Waals surface area contributed by atoms with Gasteiger partial charge < -0.3 is 19.5 Å². The molecular weight excluding hydrogens is 366 g/mol. The third kappa shape index (κ3) is 3.44.